The first kappa shape index (κ1) is 16.1. The zero-order valence-electron chi connectivity index (χ0n) is 14.5. The van der Waals surface area contributed by atoms with Gasteiger partial charge in [0.15, 0.2) is 0 Å². The first-order valence-corrected chi connectivity index (χ1v) is 8.74. The Morgan fingerprint density at radius 3 is 2.80 bits per heavy atom. The molecule has 1 N–H and O–H groups in total. The lowest BCUT2D eigenvalue weighted by molar-refractivity contribution is 0.0913. The average Bonchev–Trinajstić information content (AvgIpc) is 3.30. The number of aryl methyl sites for hydroxylation is 1. The fourth-order valence-corrected chi connectivity index (χ4v) is 4.31. The summed E-state index contributed by atoms with van der Waals surface area (Å²) in [4.78, 5) is 12.6. The van der Waals surface area contributed by atoms with E-state index in [-0.39, 0.29) is 11.9 Å². The third-order valence-corrected chi connectivity index (χ3v) is 5.62. The van der Waals surface area contributed by atoms with Gasteiger partial charge in [0.25, 0.3) is 5.91 Å². The van der Waals surface area contributed by atoms with E-state index in [2.05, 4.69) is 10.4 Å². The molecule has 2 aliphatic rings. The molecule has 1 heterocycles. The first-order chi connectivity index (χ1) is 12.0. The van der Waals surface area contributed by atoms with Crippen molar-refractivity contribution in [2.24, 2.45) is 18.9 Å². The fraction of sp³-hybridized carbons (Fsp3) is 0.474. The largest absolute Gasteiger partial charge is 0.497 e. The van der Waals surface area contributed by atoms with Crippen LogP contribution in [0, 0.1) is 17.7 Å². The normalized spacial score (nSPS) is 24.5. The Hall–Kier alpha value is -2.37. The molecular weight excluding hydrogens is 321 g/mol. The predicted octanol–water partition coefficient (Wildman–Crippen LogP) is 3.15. The molecule has 2 aliphatic carbocycles. The van der Waals surface area contributed by atoms with Gasteiger partial charge in [-0.2, -0.15) is 5.10 Å². The number of aromatic nitrogens is 2. The van der Waals surface area contributed by atoms with Gasteiger partial charge in [-0.15, -0.1) is 0 Å². The molecule has 1 amide bonds. The second-order valence-corrected chi connectivity index (χ2v) is 7.14. The van der Waals surface area contributed by atoms with Crippen LogP contribution < -0.4 is 10.1 Å². The zero-order valence-corrected chi connectivity index (χ0v) is 14.5. The van der Waals surface area contributed by atoms with Gasteiger partial charge in [-0.1, -0.05) is 6.42 Å². The second kappa shape index (κ2) is 6.17. The summed E-state index contributed by atoms with van der Waals surface area (Å²) >= 11 is 0. The van der Waals surface area contributed by atoms with Crippen molar-refractivity contribution in [3.8, 4) is 17.0 Å². The summed E-state index contributed by atoms with van der Waals surface area (Å²) in [6, 6.07) is 6.53. The van der Waals surface area contributed by atoms with Crippen LogP contribution >= 0.6 is 0 Å². The van der Waals surface area contributed by atoms with Crippen LogP contribution in [0.4, 0.5) is 4.39 Å². The number of hydrogen-bond donors (Lipinski definition) is 1. The van der Waals surface area contributed by atoms with Crippen molar-refractivity contribution in [3.63, 3.8) is 0 Å². The van der Waals surface area contributed by atoms with Crippen LogP contribution in [0.3, 0.4) is 0 Å². The lowest BCUT2D eigenvalue weighted by atomic mass is 9.95. The number of fused-ring (bicyclic) bond motifs is 2. The number of rotatable bonds is 4. The molecule has 3 atom stereocenters. The van der Waals surface area contributed by atoms with E-state index >= 15 is 0 Å². The molecule has 3 unspecified atom stereocenters. The van der Waals surface area contributed by atoms with Crippen molar-refractivity contribution < 1.29 is 13.9 Å². The van der Waals surface area contributed by atoms with Crippen molar-refractivity contribution in [2.75, 3.05) is 7.11 Å². The number of ether oxygens (including phenoxy) is 1. The maximum Gasteiger partial charge on any atom is 0.269 e. The molecular formula is C19H22FN3O2. The highest BCUT2D eigenvalue weighted by Crippen LogP contribution is 2.44. The molecule has 1 aromatic carbocycles. The van der Waals surface area contributed by atoms with E-state index in [0.717, 1.165) is 12.3 Å². The van der Waals surface area contributed by atoms with E-state index in [1.165, 1.54) is 37.1 Å². The Bertz CT molecular complexity index is 817. The molecule has 2 bridgehead atoms. The van der Waals surface area contributed by atoms with Gasteiger partial charge in [-0.25, -0.2) is 4.39 Å². The maximum absolute atomic E-state index is 14.3. The smallest absolute Gasteiger partial charge is 0.269 e. The Labute approximate surface area is 146 Å². The minimum Gasteiger partial charge on any atom is -0.497 e. The number of nitrogens with one attached hydrogen (secondary N) is 1. The number of carbonyl (C=O) groups excluding carboxylic acids is 1. The monoisotopic (exact) mass is 343 g/mol. The molecule has 6 heteroatoms. The van der Waals surface area contributed by atoms with Gasteiger partial charge < -0.3 is 10.1 Å². The van der Waals surface area contributed by atoms with E-state index in [9.17, 15) is 9.18 Å². The van der Waals surface area contributed by atoms with Gasteiger partial charge in [0.1, 0.15) is 17.3 Å². The number of carbonyl (C=O) groups is 1. The van der Waals surface area contributed by atoms with Gasteiger partial charge in [-0.3, -0.25) is 9.48 Å². The topological polar surface area (TPSA) is 56.1 Å². The van der Waals surface area contributed by atoms with Gasteiger partial charge in [0.05, 0.1) is 12.8 Å². The lowest BCUT2D eigenvalue weighted by Gasteiger charge is -2.22. The molecule has 25 heavy (non-hydrogen) atoms. The van der Waals surface area contributed by atoms with Crippen molar-refractivity contribution in [2.45, 2.75) is 31.7 Å². The number of methoxy groups -OCH3 is 1. The Morgan fingerprint density at radius 1 is 1.32 bits per heavy atom. The highest BCUT2D eigenvalue weighted by molar-refractivity contribution is 5.94. The summed E-state index contributed by atoms with van der Waals surface area (Å²) in [7, 11) is 3.20. The number of benzene rings is 1. The second-order valence-electron chi connectivity index (χ2n) is 7.14. The van der Waals surface area contributed by atoms with E-state index < -0.39 is 5.82 Å². The van der Waals surface area contributed by atoms with Crippen LogP contribution in [0.1, 0.15) is 36.2 Å². The molecule has 0 spiro atoms. The zero-order chi connectivity index (χ0) is 17.6. The molecule has 0 aliphatic heterocycles. The third-order valence-electron chi connectivity index (χ3n) is 5.62. The Morgan fingerprint density at radius 2 is 2.16 bits per heavy atom. The quantitative estimate of drug-likeness (QED) is 0.928. The van der Waals surface area contributed by atoms with E-state index in [4.69, 9.17) is 4.74 Å². The first-order valence-electron chi connectivity index (χ1n) is 8.74. The average molecular weight is 343 g/mol. The fourth-order valence-electron chi connectivity index (χ4n) is 4.31. The molecule has 2 saturated carbocycles. The van der Waals surface area contributed by atoms with Crippen LogP contribution in [0.2, 0.25) is 0 Å². The van der Waals surface area contributed by atoms with Gasteiger partial charge in [-0.05, 0) is 49.3 Å². The van der Waals surface area contributed by atoms with Gasteiger partial charge in [0.2, 0.25) is 0 Å². The summed E-state index contributed by atoms with van der Waals surface area (Å²) in [5, 5.41) is 7.47. The van der Waals surface area contributed by atoms with Gasteiger partial charge in [0, 0.05) is 24.7 Å². The molecule has 5 nitrogen and oxygen atoms in total. The minimum atomic E-state index is -0.419. The number of nitrogens with zero attached hydrogens (tertiary/aromatic N) is 2. The summed E-state index contributed by atoms with van der Waals surface area (Å²) in [5.74, 6) is 1.28. The Balaban J connectivity index is 1.55. The molecule has 2 aromatic rings. The summed E-state index contributed by atoms with van der Waals surface area (Å²) in [6.07, 6.45) is 4.82. The highest BCUT2D eigenvalue weighted by Gasteiger charge is 2.40. The highest BCUT2D eigenvalue weighted by atomic mass is 19.1. The van der Waals surface area contributed by atoms with Crippen LogP contribution in [-0.2, 0) is 7.05 Å². The predicted molar refractivity (Wildman–Crippen MR) is 91.9 cm³/mol. The van der Waals surface area contributed by atoms with Crippen molar-refractivity contribution >= 4 is 5.91 Å². The molecule has 0 saturated heterocycles. The summed E-state index contributed by atoms with van der Waals surface area (Å²) in [5.41, 5.74) is 1.25. The van der Waals surface area contributed by atoms with Crippen LogP contribution in [0.15, 0.2) is 24.3 Å². The third kappa shape index (κ3) is 2.90. The van der Waals surface area contributed by atoms with Crippen LogP contribution in [0.25, 0.3) is 11.3 Å². The van der Waals surface area contributed by atoms with Crippen molar-refractivity contribution in [3.05, 3.63) is 35.8 Å². The van der Waals surface area contributed by atoms with Crippen molar-refractivity contribution in [1.29, 1.82) is 0 Å². The SMILES string of the molecule is COc1ccc(-c2cc(C(=O)NC3CC4CCC3C4)n(C)n2)c(F)c1. The van der Waals surface area contributed by atoms with E-state index in [0.29, 0.717) is 28.6 Å². The van der Waals surface area contributed by atoms with Crippen LogP contribution in [-0.4, -0.2) is 28.8 Å². The molecule has 0 radical (unpaired) electrons. The lowest BCUT2D eigenvalue weighted by Crippen LogP contribution is -2.39. The van der Waals surface area contributed by atoms with E-state index in [1.807, 2.05) is 0 Å². The molecule has 4 rings (SSSR count). The number of hydrogen-bond acceptors (Lipinski definition) is 3. The van der Waals surface area contributed by atoms with Crippen LogP contribution in [0.5, 0.6) is 5.75 Å². The molecule has 132 valence electrons. The van der Waals surface area contributed by atoms with Crippen molar-refractivity contribution in [1.82, 2.24) is 15.1 Å². The Kier molecular flexibility index (Phi) is 3.98. The summed E-state index contributed by atoms with van der Waals surface area (Å²) < 4.78 is 20.8. The van der Waals surface area contributed by atoms with Gasteiger partial charge >= 0.3 is 0 Å². The molecule has 2 fully saturated rings. The summed E-state index contributed by atoms with van der Waals surface area (Å²) in [6.45, 7) is 0. The number of halogens is 1. The molecule has 1 aromatic heterocycles. The standard InChI is InChI=1S/C19H22FN3O2/c1-23-18(19(24)21-16-8-11-3-4-12(16)7-11)10-17(22-23)14-6-5-13(25-2)9-15(14)20/h5-6,9-12,16H,3-4,7-8H2,1-2H3,(H,21,24). The van der Waals surface area contributed by atoms with E-state index in [1.54, 1.807) is 25.2 Å². The maximum atomic E-state index is 14.3. The minimum absolute atomic E-state index is 0.132. The number of amides is 1.